The molecule has 22 heavy (non-hydrogen) atoms. The van der Waals surface area contributed by atoms with Crippen LogP contribution in [-0.2, 0) is 7.05 Å². The van der Waals surface area contributed by atoms with Crippen LogP contribution in [0.15, 0.2) is 55.1 Å². The molecule has 2 aromatic heterocycles. The number of benzene rings is 1. The van der Waals surface area contributed by atoms with Crippen LogP contribution in [0.5, 0.6) is 0 Å². The summed E-state index contributed by atoms with van der Waals surface area (Å²) >= 11 is 0. The maximum atomic E-state index is 4.34. The maximum Gasteiger partial charge on any atom is 0.139 e. The van der Waals surface area contributed by atoms with E-state index < -0.39 is 0 Å². The van der Waals surface area contributed by atoms with Crippen LogP contribution < -0.4 is 0 Å². The molecule has 0 aliphatic heterocycles. The van der Waals surface area contributed by atoms with Crippen molar-refractivity contribution < 1.29 is 0 Å². The van der Waals surface area contributed by atoms with E-state index in [1.807, 2.05) is 46.9 Å². The van der Waals surface area contributed by atoms with E-state index in [1.54, 1.807) is 12.4 Å². The van der Waals surface area contributed by atoms with Gasteiger partial charge in [-0.2, -0.15) is 5.10 Å². The Labute approximate surface area is 132 Å². The lowest BCUT2D eigenvalue weighted by atomic mass is 10.2. The molecular weight excluding hydrogens is 272 g/mol. The lowest BCUT2D eigenvalue weighted by molar-refractivity contribution is 0.772. The molecule has 0 aliphatic carbocycles. The number of hydrogen-bond donors (Lipinski definition) is 0. The Kier molecular flexibility index (Phi) is 5.95. The smallest absolute Gasteiger partial charge is 0.139 e. The van der Waals surface area contributed by atoms with E-state index in [2.05, 4.69) is 36.1 Å². The maximum absolute atomic E-state index is 4.34. The molecule has 0 atom stereocenters. The normalized spacial score (nSPS) is 10.1. The van der Waals surface area contributed by atoms with E-state index in [0.29, 0.717) is 0 Å². The van der Waals surface area contributed by atoms with Crippen molar-refractivity contribution in [3.05, 3.63) is 55.1 Å². The molecule has 0 saturated heterocycles. The fraction of sp³-hybridized carbons (Fsp3) is 0.333. The fourth-order valence-electron chi connectivity index (χ4n) is 2.21. The summed E-state index contributed by atoms with van der Waals surface area (Å²) in [5.41, 5.74) is 2.13. The van der Waals surface area contributed by atoms with E-state index in [1.165, 1.54) is 19.3 Å². The number of rotatable bonds is 4. The number of hydrogen-bond acceptors (Lipinski definition) is 2. The Hall–Kier alpha value is -2.36. The summed E-state index contributed by atoms with van der Waals surface area (Å²) in [6.45, 7) is 4.42. The number of imidazole rings is 1. The molecule has 0 fully saturated rings. The van der Waals surface area contributed by atoms with Crippen molar-refractivity contribution in [2.24, 2.45) is 7.05 Å². The summed E-state index contributed by atoms with van der Waals surface area (Å²) < 4.78 is 3.84. The zero-order chi connectivity index (χ0) is 15.8. The average Bonchev–Trinajstić information content (AvgIpc) is 3.20. The molecule has 4 nitrogen and oxygen atoms in total. The molecule has 0 saturated carbocycles. The average molecular weight is 296 g/mol. The molecule has 0 aliphatic rings. The van der Waals surface area contributed by atoms with Crippen molar-refractivity contribution in [3.63, 3.8) is 0 Å². The van der Waals surface area contributed by atoms with E-state index in [-0.39, 0.29) is 0 Å². The zero-order valence-electron chi connectivity index (χ0n) is 13.6. The van der Waals surface area contributed by atoms with Crippen LogP contribution in [-0.4, -0.2) is 19.3 Å². The second-order valence-electron chi connectivity index (χ2n) is 5.22. The summed E-state index contributed by atoms with van der Waals surface area (Å²) in [5.74, 6) is 0.957. The summed E-state index contributed by atoms with van der Waals surface area (Å²) in [4.78, 5) is 4.34. The molecule has 2 heterocycles. The zero-order valence-corrected chi connectivity index (χ0v) is 13.6. The molecule has 0 amide bonds. The van der Waals surface area contributed by atoms with Crippen LogP contribution in [0.2, 0.25) is 0 Å². The van der Waals surface area contributed by atoms with Crippen molar-refractivity contribution in [1.29, 1.82) is 0 Å². The van der Waals surface area contributed by atoms with Gasteiger partial charge in [0.05, 0.1) is 5.69 Å². The minimum absolute atomic E-state index is 0.957. The summed E-state index contributed by atoms with van der Waals surface area (Å²) in [5, 5.41) is 4.22. The predicted octanol–water partition coefficient (Wildman–Crippen LogP) is 4.47. The van der Waals surface area contributed by atoms with Gasteiger partial charge in [0.1, 0.15) is 5.82 Å². The van der Waals surface area contributed by atoms with E-state index >= 15 is 0 Å². The van der Waals surface area contributed by atoms with E-state index in [4.69, 9.17) is 0 Å². The van der Waals surface area contributed by atoms with Gasteiger partial charge in [0, 0.05) is 37.4 Å². The van der Waals surface area contributed by atoms with Crippen LogP contribution in [0.4, 0.5) is 0 Å². The highest BCUT2D eigenvalue weighted by atomic mass is 15.3. The van der Waals surface area contributed by atoms with Crippen LogP contribution in [0.1, 0.15) is 33.1 Å². The molecule has 0 spiro atoms. The SMILES string of the molecule is CCCCC.Cn1ccnc1-c1cccc(-n2cccn2)c1. The summed E-state index contributed by atoms with van der Waals surface area (Å²) in [6, 6.07) is 10.1. The molecule has 0 radical (unpaired) electrons. The molecule has 0 N–H and O–H groups in total. The highest BCUT2D eigenvalue weighted by molar-refractivity contribution is 5.59. The van der Waals surface area contributed by atoms with E-state index in [9.17, 15) is 0 Å². The van der Waals surface area contributed by atoms with Gasteiger partial charge in [-0.25, -0.2) is 9.67 Å². The first-order chi connectivity index (χ1) is 10.8. The lowest BCUT2D eigenvalue weighted by Gasteiger charge is -2.05. The molecule has 0 bridgehead atoms. The third kappa shape index (κ3) is 4.07. The second kappa shape index (κ2) is 8.17. The minimum atomic E-state index is 0.957. The van der Waals surface area contributed by atoms with Gasteiger partial charge in [-0.1, -0.05) is 45.2 Å². The number of aromatic nitrogens is 4. The first kappa shape index (κ1) is 16.0. The Balaban J connectivity index is 0.000000309. The standard InChI is InChI=1S/C13H12N4.C5H12/c1-16-9-7-14-13(16)11-4-2-5-12(10-11)17-8-3-6-15-17;1-3-5-4-2/h2-10H,1H3;3-5H2,1-2H3. The minimum Gasteiger partial charge on any atom is -0.334 e. The predicted molar refractivity (Wildman–Crippen MR) is 91.0 cm³/mol. The molecule has 3 aromatic rings. The Morgan fingerprint density at radius 3 is 2.36 bits per heavy atom. The Bertz CT molecular complexity index is 666. The summed E-state index contributed by atoms with van der Waals surface area (Å²) in [6.07, 6.45) is 11.5. The lowest BCUT2D eigenvalue weighted by Crippen LogP contribution is -1.96. The molecule has 116 valence electrons. The number of aryl methyl sites for hydroxylation is 1. The van der Waals surface area contributed by atoms with Crippen molar-refractivity contribution in [2.75, 3.05) is 0 Å². The molecule has 3 rings (SSSR count). The largest absolute Gasteiger partial charge is 0.334 e. The summed E-state index contributed by atoms with van der Waals surface area (Å²) in [7, 11) is 1.99. The van der Waals surface area contributed by atoms with Gasteiger partial charge in [-0.15, -0.1) is 0 Å². The fourth-order valence-corrected chi connectivity index (χ4v) is 2.21. The quantitative estimate of drug-likeness (QED) is 0.712. The second-order valence-corrected chi connectivity index (χ2v) is 5.22. The Morgan fingerprint density at radius 1 is 1.00 bits per heavy atom. The van der Waals surface area contributed by atoms with Gasteiger partial charge < -0.3 is 4.57 Å². The van der Waals surface area contributed by atoms with Gasteiger partial charge in [0.25, 0.3) is 0 Å². The molecule has 0 unspecified atom stereocenters. The first-order valence-electron chi connectivity index (χ1n) is 7.84. The van der Waals surface area contributed by atoms with Crippen LogP contribution in [0.3, 0.4) is 0 Å². The highest BCUT2D eigenvalue weighted by Gasteiger charge is 2.04. The first-order valence-corrected chi connectivity index (χ1v) is 7.84. The van der Waals surface area contributed by atoms with Gasteiger partial charge in [0.15, 0.2) is 0 Å². The van der Waals surface area contributed by atoms with Crippen LogP contribution in [0, 0.1) is 0 Å². The van der Waals surface area contributed by atoms with Crippen molar-refractivity contribution >= 4 is 0 Å². The monoisotopic (exact) mass is 296 g/mol. The molecule has 1 aromatic carbocycles. The highest BCUT2D eigenvalue weighted by Crippen LogP contribution is 2.19. The van der Waals surface area contributed by atoms with Gasteiger partial charge in [-0.05, 0) is 18.2 Å². The van der Waals surface area contributed by atoms with Gasteiger partial charge in [0.2, 0.25) is 0 Å². The van der Waals surface area contributed by atoms with Gasteiger partial charge in [-0.3, -0.25) is 0 Å². The van der Waals surface area contributed by atoms with Gasteiger partial charge >= 0.3 is 0 Å². The number of nitrogens with zero attached hydrogens (tertiary/aromatic N) is 4. The third-order valence-electron chi connectivity index (χ3n) is 3.40. The number of unbranched alkanes of at least 4 members (excludes halogenated alkanes) is 2. The van der Waals surface area contributed by atoms with E-state index in [0.717, 1.165) is 17.1 Å². The Morgan fingerprint density at radius 2 is 1.82 bits per heavy atom. The van der Waals surface area contributed by atoms with Crippen molar-refractivity contribution in [1.82, 2.24) is 19.3 Å². The van der Waals surface area contributed by atoms with Crippen molar-refractivity contribution in [2.45, 2.75) is 33.1 Å². The van der Waals surface area contributed by atoms with Crippen LogP contribution in [0.25, 0.3) is 17.1 Å². The topological polar surface area (TPSA) is 35.6 Å². The molecule has 4 heteroatoms. The molecular formula is C18H24N4. The third-order valence-corrected chi connectivity index (χ3v) is 3.40. The van der Waals surface area contributed by atoms with Crippen molar-refractivity contribution in [3.8, 4) is 17.1 Å². The van der Waals surface area contributed by atoms with Crippen LogP contribution >= 0.6 is 0 Å².